The summed E-state index contributed by atoms with van der Waals surface area (Å²) in [5.74, 6) is -5.80. The lowest BCUT2D eigenvalue weighted by Gasteiger charge is -2.55. The zero-order chi connectivity index (χ0) is 27.0. The molecule has 14 heteroatoms. The number of nitrogens with zero attached hydrogens (tertiary/aromatic N) is 2. The Morgan fingerprint density at radius 2 is 1.51 bits per heavy atom. The van der Waals surface area contributed by atoms with Crippen LogP contribution < -0.4 is 4.74 Å². The Bertz CT molecular complexity index is 1090. The normalized spacial score (nSPS) is 25.1. The van der Waals surface area contributed by atoms with Crippen molar-refractivity contribution in [1.82, 2.24) is 9.96 Å². The van der Waals surface area contributed by atoms with Gasteiger partial charge in [0.2, 0.25) is 0 Å². The van der Waals surface area contributed by atoms with Gasteiger partial charge in [0.1, 0.15) is 5.75 Å². The van der Waals surface area contributed by atoms with Crippen molar-refractivity contribution in [3.05, 3.63) is 29.3 Å². The fourth-order valence-corrected chi connectivity index (χ4v) is 4.44. The number of carbonyl (C=O) groups excluding carboxylic acids is 4. The molecule has 202 valence electrons. The van der Waals surface area contributed by atoms with Crippen molar-refractivity contribution in [2.45, 2.75) is 63.9 Å². The molecule has 0 bridgehead atoms. The second kappa shape index (κ2) is 9.82. The number of carbonyl (C=O) groups is 4. The zero-order valence-electron chi connectivity index (χ0n) is 20.1. The molecule has 1 aromatic rings. The SMILES string of the molecule is CCOc1ccc(C(F)(F)F)cc1CN1CCN2OC(=O)CCC(=O)O[C@@]2(C)C12OC(=O)CCC(=O)O2. The van der Waals surface area contributed by atoms with Crippen LogP contribution in [0, 0.1) is 0 Å². The van der Waals surface area contributed by atoms with Crippen LogP contribution in [0.4, 0.5) is 13.2 Å². The standard InChI is InChI=1S/C23H25F3N2O9/c1-3-33-16-5-4-15(22(24,25)26)12-14(16)13-27-10-11-28-21(2,34-17(29)8-9-20(32)37-28)23(27)35-18(30)6-7-19(31)36-23/h4-5,12H,3,6-11,13H2,1-2H3/t21-/m0/s1. The first-order chi connectivity index (χ1) is 17.4. The lowest BCUT2D eigenvalue weighted by atomic mass is 10.0. The van der Waals surface area contributed by atoms with E-state index in [0.29, 0.717) is 0 Å². The first-order valence-electron chi connectivity index (χ1n) is 11.6. The maximum atomic E-state index is 13.5. The number of hydrogen-bond donors (Lipinski definition) is 0. The number of ether oxygens (including phenoxy) is 4. The van der Waals surface area contributed by atoms with E-state index >= 15 is 0 Å². The van der Waals surface area contributed by atoms with Crippen LogP contribution in [-0.4, -0.2) is 65.2 Å². The van der Waals surface area contributed by atoms with Crippen molar-refractivity contribution < 1.29 is 56.1 Å². The minimum Gasteiger partial charge on any atom is -0.494 e. The number of hydrogen-bond acceptors (Lipinski definition) is 11. The maximum absolute atomic E-state index is 13.5. The summed E-state index contributed by atoms with van der Waals surface area (Å²) in [4.78, 5) is 56.7. The number of alkyl halides is 3. The summed E-state index contributed by atoms with van der Waals surface area (Å²) in [5, 5.41) is 0.949. The van der Waals surface area contributed by atoms with E-state index in [1.165, 1.54) is 11.8 Å². The van der Waals surface area contributed by atoms with E-state index in [1.54, 1.807) is 6.92 Å². The van der Waals surface area contributed by atoms with Gasteiger partial charge in [-0.05, 0) is 25.1 Å². The molecule has 3 heterocycles. The number of esters is 3. The number of piperazine rings is 1. The van der Waals surface area contributed by atoms with Crippen molar-refractivity contribution >= 4 is 23.9 Å². The van der Waals surface area contributed by atoms with Crippen molar-refractivity contribution in [3.8, 4) is 5.75 Å². The molecular formula is C23H25F3N2O9. The average Bonchev–Trinajstić information content (AvgIpc) is 2.96. The Morgan fingerprint density at radius 3 is 2.11 bits per heavy atom. The summed E-state index contributed by atoms with van der Waals surface area (Å²) >= 11 is 0. The predicted octanol–water partition coefficient (Wildman–Crippen LogP) is 2.27. The molecule has 0 aliphatic carbocycles. The summed E-state index contributed by atoms with van der Waals surface area (Å²) in [6.07, 6.45) is -6.00. The summed E-state index contributed by atoms with van der Waals surface area (Å²) in [5.41, 5.74) is -3.11. The minimum absolute atomic E-state index is 0.0404. The van der Waals surface area contributed by atoms with Crippen molar-refractivity contribution in [2.75, 3.05) is 19.7 Å². The quantitative estimate of drug-likeness (QED) is 0.533. The third-order valence-electron chi connectivity index (χ3n) is 6.20. The molecular weight excluding hydrogens is 505 g/mol. The molecule has 0 amide bonds. The highest BCUT2D eigenvalue weighted by atomic mass is 19.4. The van der Waals surface area contributed by atoms with Gasteiger partial charge in [-0.25, -0.2) is 4.90 Å². The number of benzene rings is 1. The molecule has 3 saturated heterocycles. The fourth-order valence-electron chi connectivity index (χ4n) is 4.44. The van der Waals surface area contributed by atoms with Crippen LogP contribution in [0.3, 0.4) is 0 Å². The van der Waals surface area contributed by atoms with Crippen LogP contribution in [-0.2, 0) is 50.9 Å². The molecule has 3 aliphatic rings. The monoisotopic (exact) mass is 530 g/mol. The summed E-state index contributed by atoms with van der Waals surface area (Å²) < 4.78 is 62.9. The molecule has 11 nitrogen and oxygen atoms in total. The number of halogens is 3. The molecule has 1 atom stereocenters. The molecule has 1 aromatic carbocycles. The van der Waals surface area contributed by atoms with Crippen LogP contribution in [0.1, 0.15) is 50.7 Å². The van der Waals surface area contributed by atoms with Crippen molar-refractivity contribution in [3.63, 3.8) is 0 Å². The Labute approximate surface area is 209 Å². The van der Waals surface area contributed by atoms with Crippen LogP contribution in [0.2, 0.25) is 0 Å². The minimum atomic E-state index is -4.66. The van der Waals surface area contributed by atoms with Gasteiger partial charge in [0.15, 0.2) is 0 Å². The number of rotatable bonds is 4. The third-order valence-corrected chi connectivity index (χ3v) is 6.20. The largest absolute Gasteiger partial charge is 0.494 e. The highest BCUT2D eigenvalue weighted by molar-refractivity contribution is 5.81. The van der Waals surface area contributed by atoms with Crippen LogP contribution >= 0.6 is 0 Å². The van der Waals surface area contributed by atoms with Gasteiger partial charge in [-0.1, -0.05) is 5.06 Å². The maximum Gasteiger partial charge on any atom is 0.416 e. The Balaban J connectivity index is 1.84. The lowest BCUT2D eigenvalue weighted by Crippen LogP contribution is -2.78. The van der Waals surface area contributed by atoms with E-state index in [-0.39, 0.29) is 63.2 Å². The van der Waals surface area contributed by atoms with E-state index in [2.05, 4.69) is 0 Å². The number of fused-ring (bicyclic) bond motifs is 2. The van der Waals surface area contributed by atoms with Gasteiger partial charge in [-0.3, -0.25) is 19.2 Å². The van der Waals surface area contributed by atoms with Gasteiger partial charge in [0.05, 0.1) is 44.4 Å². The fraction of sp³-hybridized carbons (Fsp3) is 0.565. The van der Waals surface area contributed by atoms with E-state index in [4.69, 9.17) is 23.8 Å². The average molecular weight is 530 g/mol. The molecule has 0 radical (unpaired) electrons. The van der Waals surface area contributed by atoms with Crippen LogP contribution in [0.15, 0.2) is 18.2 Å². The molecule has 0 saturated carbocycles. The molecule has 0 unspecified atom stereocenters. The highest BCUT2D eigenvalue weighted by Crippen LogP contribution is 2.45. The van der Waals surface area contributed by atoms with Gasteiger partial charge in [0, 0.05) is 25.6 Å². The van der Waals surface area contributed by atoms with Gasteiger partial charge < -0.3 is 23.8 Å². The summed E-state index contributed by atoms with van der Waals surface area (Å²) in [7, 11) is 0. The lowest BCUT2D eigenvalue weighted by molar-refractivity contribution is -0.441. The summed E-state index contributed by atoms with van der Waals surface area (Å²) in [6, 6.07) is 2.90. The van der Waals surface area contributed by atoms with Gasteiger partial charge in [-0.15, -0.1) is 0 Å². The Hall–Kier alpha value is -3.39. The molecule has 1 spiro atoms. The molecule has 0 N–H and O–H groups in total. The van der Waals surface area contributed by atoms with Crippen LogP contribution in [0.25, 0.3) is 0 Å². The van der Waals surface area contributed by atoms with E-state index in [1.807, 2.05) is 0 Å². The molecule has 37 heavy (non-hydrogen) atoms. The molecule has 3 aliphatic heterocycles. The van der Waals surface area contributed by atoms with Gasteiger partial charge >= 0.3 is 36.0 Å². The summed E-state index contributed by atoms with van der Waals surface area (Å²) in [6.45, 7) is 2.39. The first-order valence-corrected chi connectivity index (χ1v) is 11.6. The molecule has 0 aromatic heterocycles. The second-order valence-electron chi connectivity index (χ2n) is 8.73. The van der Waals surface area contributed by atoms with E-state index < -0.39 is 47.3 Å². The smallest absolute Gasteiger partial charge is 0.416 e. The van der Waals surface area contributed by atoms with E-state index in [0.717, 1.165) is 23.3 Å². The van der Waals surface area contributed by atoms with Crippen molar-refractivity contribution in [1.29, 1.82) is 0 Å². The molecule has 4 rings (SSSR count). The Kier molecular flexibility index (Phi) is 7.08. The Morgan fingerprint density at radius 1 is 0.919 bits per heavy atom. The highest BCUT2D eigenvalue weighted by Gasteiger charge is 2.70. The third kappa shape index (κ3) is 5.07. The molecule has 3 fully saturated rings. The number of hydroxylamine groups is 2. The van der Waals surface area contributed by atoms with Crippen LogP contribution in [0.5, 0.6) is 5.75 Å². The zero-order valence-corrected chi connectivity index (χ0v) is 20.1. The topological polar surface area (TPSA) is 121 Å². The van der Waals surface area contributed by atoms with E-state index in [9.17, 15) is 32.3 Å². The predicted molar refractivity (Wildman–Crippen MR) is 114 cm³/mol. The second-order valence-corrected chi connectivity index (χ2v) is 8.73. The van der Waals surface area contributed by atoms with Gasteiger partial charge in [-0.2, -0.15) is 13.2 Å². The first kappa shape index (κ1) is 26.7. The van der Waals surface area contributed by atoms with Gasteiger partial charge in [0.25, 0.3) is 5.72 Å². The van der Waals surface area contributed by atoms with Crippen molar-refractivity contribution in [2.24, 2.45) is 0 Å².